The van der Waals surface area contributed by atoms with Crippen molar-refractivity contribution in [1.29, 1.82) is 0 Å². The lowest BCUT2D eigenvalue weighted by Gasteiger charge is -2.23. The normalized spacial score (nSPS) is 21.2. The Morgan fingerprint density at radius 3 is 2.67 bits per heavy atom. The van der Waals surface area contributed by atoms with Crippen LogP contribution in [0.5, 0.6) is 0 Å². The monoisotopic (exact) mass is 124 g/mol. The van der Waals surface area contributed by atoms with E-state index >= 15 is 0 Å². The molecule has 0 aromatic carbocycles. The van der Waals surface area contributed by atoms with Crippen LogP contribution >= 0.6 is 0 Å². The average Bonchev–Trinajstić information content (AvgIpc) is 1.91. The van der Waals surface area contributed by atoms with E-state index in [0.29, 0.717) is 6.54 Å². The van der Waals surface area contributed by atoms with Crippen LogP contribution in [0.4, 0.5) is 0 Å². The molecule has 9 heavy (non-hydrogen) atoms. The first-order valence-corrected chi connectivity index (χ1v) is 3.13. The molecule has 0 amide bonds. The van der Waals surface area contributed by atoms with E-state index in [4.69, 9.17) is 11.2 Å². The molecule has 0 N–H and O–H groups in total. The number of ether oxygens (including phenoxy) is 1. The predicted octanol–water partition coefficient (Wildman–Crippen LogP) is -0.0916. The van der Waals surface area contributed by atoms with Crippen molar-refractivity contribution in [3.8, 4) is 5.92 Å². The van der Waals surface area contributed by atoms with Crippen LogP contribution in [0, 0.1) is 12.3 Å². The van der Waals surface area contributed by atoms with E-state index in [0.717, 1.165) is 26.3 Å². The zero-order valence-corrected chi connectivity index (χ0v) is 5.39. The van der Waals surface area contributed by atoms with Crippen LogP contribution in [0.25, 0.3) is 0 Å². The van der Waals surface area contributed by atoms with Gasteiger partial charge >= 0.3 is 0 Å². The van der Waals surface area contributed by atoms with Gasteiger partial charge in [-0.1, -0.05) is 5.92 Å². The molecule has 0 bridgehead atoms. The van der Waals surface area contributed by atoms with Crippen LogP contribution in [0.3, 0.4) is 0 Å². The van der Waals surface area contributed by atoms with Gasteiger partial charge in [-0.05, 0) is 6.42 Å². The Hall–Kier alpha value is -0.520. The van der Waals surface area contributed by atoms with Gasteiger partial charge in [-0.2, -0.15) is 0 Å². The number of rotatable bonds is 1. The Bertz CT molecular complexity index is 111. The molecule has 1 aliphatic rings. The van der Waals surface area contributed by atoms with Gasteiger partial charge in [-0.15, -0.1) is 0 Å². The lowest BCUT2D eigenvalue weighted by atomic mass is 10.4. The highest BCUT2D eigenvalue weighted by Gasteiger charge is 2.07. The topological polar surface area (TPSA) is 12.5 Å². The van der Waals surface area contributed by atoms with Crippen LogP contribution in [0.15, 0.2) is 0 Å². The summed E-state index contributed by atoms with van der Waals surface area (Å²) >= 11 is 0. The summed E-state index contributed by atoms with van der Waals surface area (Å²) in [6.45, 7) is 4.17. The van der Waals surface area contributed by atoms with Crippen LogP contribution in [-0.2, 0) is 4.74 Å². The summed E-state index contributed by atoms with van der Waals surface area (Å²) in [5.74, 6) is 2.36. The average molecular weight is 124 g/mol. The lowest BCUT2D eigenvalue weighted by Crippen LogP contribution is -2.36. The van der Waals surface area contributed by atoms with Crippen LogP contribution in [0.1, 0.15) is 0 Å². The van der Waals surface area contributed by atoms with Crippen molar-refractivity contribution >= 4 is 0 Å². The number of hydrogen-bond acceptors (Lipinski definition) is 2. The summed E-state index contributed by atoms with van der Waals surface area (Å²) in [6, 6.07) is 0. The highest BCUT2D eigenvalue weighted by molar-refractivity contribution is 4.81. The Balaban J connectivity index is 2.17. The minimum Gasteiger partial charge on any atom is -0.379 e. The smallest absolute Gasteiger partial charge is 0.0613 e. The third kappa shape index (κ3) is 2.05. The van der Waals surface area contributed by atoms with Crippen molar-refractivity contribution in [2.75, 3.05) is 32.8 Å². The standard InChI is InChI=1S/C7H10NO/c1-2-3-8-4-6-9-7-5-8/h3-7H2. The molecule has 1 saturated heterocycles. The number of morpholine rings is 1. The van der Waals surface area contributed by atoms with Gasteiger partial charge in [0.1, 0.15) is 0 Å². The van der Waals surface area contributed by atoms with Crippen molar-refractivity contribution in [2.24, 2.45) is 0 Å². The highest BCUT2D eigenvalue weighted by Crippen LogP contribution is 1.93. The third-order valence-electron chi connectivity index (χ3n) is 1.41. The molecule has 0 unspecified atom stereocenters. The first-order valence-electron chi connectivity index (χ1n) is 3.13. The molecule has 0 spiro atoms. The maximum atomic E-state index is 6.71. The first-order chi connectivity index (χ1) is 4.43. The van der Waals surface area contributed by atoms with E-state index in [-0.39, 0.29) is 0 Å². The minimum atomic E-state index is 0.656. The summed E-state index contributed by atoms with van der Waals surface area (Å²) in [6.07, 6.45) is 6.71. The molecule has 2 nitrogen and oxygen atoms in total. The molecule has 1 rings (SSSR count). The van der Waals surface area contributed by atoms with Gasteiger partial charge in [-0.3, -0.25) is 4.90 Å². The number of hydrogen-bond donors (Lipinski definition) is 0. The quantitative estimate of drug-likeness (QED) is 0.453. The second-order valence-electron chi connectivity index (χ2n) is 2.07. The van der Waals surface area contributed by atoms with Gasteiger partial charge in [0.2, 0.25) is 0 Å². The summed E-state index contributed by atoms with van der Waals surface area (Å²) in [5, 5.41) is 0. The molecular formula is C7H10NO. The Morgan fingerprint density at radius 2 is 2.11 bits per heavy atom. The molecule has 1 aliphatic heterocycles. The van der Waals surface area contributed by atoms with Crippen molar-refractivity contribution in [1.82, 2.24) is 4.90 Å². The molecule has 1 radical (unpaired) electrons. The second kappa shape index (κ2) is 3.49. The van der Waals surface area contributed by atoms with Crippen LogP contribution < -0.4 is 0 Å². The fourth-order valence-corrected chi connectivity index (χ4v) is 0.871. The van der Waals surface area contributed by atoms with E-state index < -0.39 is 0 Å². The first kappa shape index (κ1) is 6.60. The summed E-state index contributed by atoms with van der Waals surface area (Å²) in [4.78, 5) is 2.15. The second-order valence-corrected chi connectivity index (χ2v) is 2.07. The fraction of sp³-hybridized carbons (Fsp3) is 0.714. The van der Waals surface area contributed by atoms with Crippen molar-refractivity contribution in [3.05, 3.63) is 6.42 Å². The molecule has 0 aromatic rings. The third-order valence-corrected chi connectivity index (χ3v) is 1.41. The number of nitrogens with zero attached hydrogens (tertiary/aromatic N) is 1. The van der Waals surface area contributed by atoms with Gasteiger partial charge in [-0.25, -0.2) is 0 Å². The van der Waals surface area contributed by atoms with E-state index in [2.05, 4.69) is 10.8 Å². The Labute approximate surface area is 55.8 Å². The molecule has 0 aliphatic carbocycles. The largest absolute Gasteiger partial charge is 0.379 e. The van der Waals surface area contributed by atoms with Gasteiger partial charge in [0, 0.05) is 13.1 Å². The molecule has 0 aromatic heterocycles. The van der Waals surface area contributed by atoms with Crippen molar-refractivity contribution in [2.45, 2.75) is 0 Å². The van der Waals surface area contributed by atoms with Gasteiger partial charge < -0.3 is 4.74 Å². The van der Waals surface area contributed by atoms with Gasteiger partial charge in [0.05, 0.1) is 19.8 Å². The van der Waals surface area contributed by atoms with E-state index in [1.807, 2.05) is 0 Å². The molecule has 2 heteroatoms. The van der Waals surface area contributed by atoms with E-state index in [1.54, 1.807) is 0 Å². The Morgan fingerprint density at radius 1 is 1.44 bits per heavy atom. The molecule has 1 heterocycles. The van der Waals surface area contributed by atoms with Crippen LogP contribution in [-0.4, -0.2) is 37.7 Å². The predicted molar refractivity (Wildman–Crippen MR) is 34.4 cm³/mol. The van der Waals surface area contributed by atoms with Crippen molar-refractivity contribution in [3.63, 3.8) is 0 Å². The fourth-order valence-electron chi connectivity index (χ4n) is 0.871. The van der Waals surface area contributed by atoms with Crippen molar-refractivity contribution < 1.29 is 4.74 Å². The van der Waals surface area contributed by atoms with Gasteiger partial charge in [0.25, 0.3) is 0 Å². The molecule has 0 atom stereocenters. The highest BCUT2D eigenvalue weighted by atomic mass is 16.5. The summed E-state index contributed by atoms with van der Waals surface area (Å²) in [7, 11) is 0. The van der Waals surface area contributed by atoms with E-state index in [1.165, 1.54) is 0 Å². The minimum absolute atomic E-state index is 0.656. The zero-order valence-electron chi connectivity index (χ0n) is 5.39. The lowest BCUT2D eigenvalue weighted by molar-refractivity contribution is 0.0443. The SMILES string of the molecule is [C]#CCN1CCOCC1. The molecule has 1 fully saturated rings. The summed E-state index contributed by atoms with van der Waals surface area (Å²) in [5.41, 5.74) is 0. The molecular weight excluding hydrogens is 114 g/mol. The molecule has 49 valence electrons. The summed E-state index contributed by atoms with van der Waals surface area (Å²) < 4.78 is 5.12. The Kier molecular flexibility index (Phi) is 2.56. The van der Waals surface area contributed by atoms with Crippen LogP contribution in [0.2, 0.25) is 0 Å². The van der Waals surface area contributed by atoms with Gasteiger partial charge in [0.15, 0.2) is 0 Å². The molecule has 0 saturated carbocycles. The van der Waals surface area contributed by atoms with E-state index in [9.17, 15) is 0 Å². The maximum absolute atomic E-state index is 6.71. The zero-order chi connectivity index (χ0) is 6.53. The maximum Gasteiger partial charge on any atom is 0.0613 e.